The average Bonchev–Trinajstić information content (AvgIpc) is 3.03. The highest BCUT2D eigenvalue weighted by atomic mass is 16.5. The summed E-state index contributed by atoms with van der Waals surface area (Å²) in [5.74, 6) is -0.183. The molecule has 4 heterocycles. The zero-order valence-corrected chi connectivity index (χ0v) is 23.6. The van der Waals surface area contributed by atoms with Gasteiger partial charge in [0.2, 0.25) is 5.91 Å². The van der Waals surface area contributed by atoms with E-state index in [-0.39, 0.29) is 11.8 Å². The van der Waals surface area contributed by atoms with E-state index in [2.05, 4.69) is 69.1 Å². The average molecular weight is 555 g/mol. The number of pyridine rings is 1. The minimum Gasteiger partial charge on any atom is -0.379 e. The van der Waals surface area contributed by atoms with Crippen LogP contribution in [0, 0.1) is 0 Å². The Morgan fingerprint density at radius 1 is 0.927 bits per heavy atom. The van der Waals surface area contributed by atoms with Crippen LogP contribution in [0.15, 0.2) is 61.2 Å². The molecule has 2 aromatic carbocycles. The van der Waals surface area contributed by atoms with Crippen LogP contribution in [0.3, 0.4) is 0 Å². The molecule has 1 aromatic heterocycles. The topological polar surface area (TPSA) is 81.2 Å². The quantitative estimate of drug-likeness (QED) is 0.450. The number of nitrogens with one attached hydrogen (secondary N) is 1. The number of morpholine rings is 1. The minimum atomic E-state index is -0.148. The van der Waals surface area contributed by atoms with Gasteiger partial charge in [0, 0.05) is 81.2 Å². The Kier molecular flexibility index (Phi) is 8.16. The van der Waals surface area contributed by atoms with E-state index in [4.69, 9.17) is 9.72 Å². The lowest BCUT2D eigenvalue weighted by molar-refractivity contribution is -0.126. The normalized spacial score (nSPS) is 17.8. The van der Waals surface area contributed by atoms with Gasteiger partial charge in [-0.1, -0.05) is 43.0 Å². The van der Waals surface area contributed by atoms with Gasteiger partial charge in [-0.15, -0.1) is 0 Å². The van der Waals surface area contributed by atoms with Gasteiger partial charge in [-0.25, -0.2) is 4.98 Å². The van der Waals surface area contributed by atoms with E-state index in [9.17, 15) is 9.59 Å². The third kappa shape index (κ3) is 5.92. The third-order valence-electron chi connectivity index (χ3n) is 8.42. The van der Waals surface area contributed by atoms with Crippen molar-refractivity contribution >= 4 is 34.0 Å². The maximum Gasteiger partial charge on any atom is 0.270 e. The molecule has 9 heteroatoms. The molecular weight excluding hydrogens is 516 g/mol. The first kappa shape index (κ1) is 27.2. The molecule has 0 bridgehead atoms. The molecule has 0 saturated carbocycles. The van der Waals surface area contributed by atoms with E-state index in [1.807, 2.05) is 11.0 Å². The van der Waals surface area contributed by atoms with Gasteiger partial charge in [-0.05, 0) is 30.0 Å². The molecule has 0 radical (unpaired) electrons. The largest absolute Gasteiger partial charge is 0.379 e. The number of rotatable bonds is 7. The molecule has 41 heavy (non-hydrogen) atoms. The number of ether oxygens (including phenoxy) is 1. The van der Waals surface area contributed by atoms with Crippen molar-refractivity contribution in [1.29, 1.82) is 0 Å². The molecule has 2 fully saturated rings. The molecule has 1 N–H and O–H groups in total. The highest BCUT2D eigenvalue weighted by Crippen LogP contribution is 2.34. The number of aromatic nitrogens is 1. The minimum absolute atomic E-state index is 0.0347. The van der Waals surface area contributed by atoms with Gasteiger partial charge < -0.3 is 24.8 Å². The fourth-order valence-electron chi connectivity index (χ4n) is 6.15. The number of benzene rings is 2. The first-order valence-electron chi connectivity index (χ1n) is 14.6. The number of anilines is 2. The summed E-state index contributed by atoms with van der Waals surface area (Å²) in [6, 6.07) is 16.8. The Balaban J connectivity index is 1.26. The molecule has 3 aliphatic rings. The number of fused-ring (bicyclic) bond motifs is 2. The number of carbonyl (C=O) groups is 2. The number of carbonyl (C=O) groups excluding carboxylic acids is 2. The molecular formula is C32H38N6O3. The molecule has 3 aromatic rings. The molecule has 2 amide bonds. The van der Waals surface area contributed by atoms with E-state index in [0.29, 0.717) is 45.0 Å². The lowest BCUT2D eigenvalue weighted by Crippen LogP contribution is -2.49. The van der Waals surface area contributed by atoms with Gasteiger partial charge in [0.1, 0.15) is 5.69 Å². The van der Waals surface area contributed by atoms with Crippen LogP contribution in [0.25, 0.3) is 10.8 Å². The number of hydrogen-bond acceptors (Lipinski definition) is 7. The van der Waals surface area contributed by atoms with Crippen LogP contribution in [0.5, 0.6) is 0 Å². The summed E-state index contributed by atoms with van der Waals surface area (Å²) in [6.07, 6.45) is 2.22. The molecule has 2 saturated heterocycles. The summed E-state index contributed by atoms with van der Waals surface area (Å²) in [4.78, 5) is 39.4. The first-order chi connectivity index (χ1) is 20.1. The number of piperazine rings is 1. The van der Waals surface area contributed by atoms with E-state index in [1.54, 1.807) is 0 Å². The molecule has 0 atom stereocenters. The summed E-state index contributed by atoms with van der Waals surface area (Å²) in [7, 11) is 0. The Morgan fingerprint density at radius 2 is 1.71 bits per heavy atom. The van der Waals surface area contributed by atoms with Crippen LogP contribution in [0.4, 0.5) is 11.4 Å². The van der Waals surface area contributed by atoms with Crippen molar-refractivity contribution in [2.75, 3.05) is 81.9 Å². The van der Waals surface area contributed by atoms with Crippen LogP contribution in [-0.4, -0.2) is 98.7 Å². The van der Waals surface area contributed by atoms with Gasteiger partial charge in [-0.3, -0.25) is 14.5 Å². The molecule has 6 rings (SSSR count). The second-order valence-electron chi connectivity index (χ2n) is 10.8. The second kappa shape index (κ2) is 12.3. The molecule has 9 nitrogen and oxygen atoms in total. The van der Waals surface area contributed by atoms with Crippen LogP contribution in [0.1, 0.15) is 21.7 Å². The van der Waals surface area contributed by atoms with Gasteiger partial charge in [0.05, 0.1) is 25.5 Å². The summed E-state index contributed by atoms with van der Waals surface area (Å²) >= 11 is 0. The predicted molar refractivity (Wildman–Crippen MR) is 162 cm³/mol. The van der Waals surface area contributed by atoms with Crippen molar-refractivity contribution in [3.8, 4) is 0 Å². The van der Waals surface area contributed by atoms with Gasteiger partial charge in [0.15, 0.2) is 0 Å². The van der Waals surface area contributed by atoms with E-state index < -0.39 is 0 Å². The molecule has 3 aliphatic heterocycles. The monoisotopic (exact) mass is 554 g/mol. The van der Waals surface area contributed by atoms with Crippen LogP contribution in [-0.2, 0) is 22.5 Å². The fourth-order valence-corrected chi connectivity index (χ4v) is 6.15. The Labute approximate surface area is 241 Å². The maximum absolute atomic E-state index is 13.4. The third-order valence-corrected chi connectivity index (χ3v) is 8.42. The van der Waals surface area contributed by atoms with Crippen molar-refractivity contribution in [2.45, 2.75) is 13.0 Å². The standard InChI is InChI=1S/C32H38N6O3/c1-2-31(39)37-16-14-36(15-17-37)30-22-27(32(40)33-11-13-35-18-20-41-21-19-35)34-28-23-38(12-10-26(28)30)29-9-5-7-24-6-3-4-8-25(24)29/h2-9,22H,1,10-21,23H2,(H,33,40). The first-order valence-corrected chi connectivity index (χ1v) is 14.6. The van der Waals surface area contributed by atoms with Gasteiger partial charge >= 0.3 is 0 Å². The number of amides is 2. The highest BCUT2D eigenvalue weighted by Gasteiger charge is 2.28. The van der Waals surface area contributed by atoms with Crippen molar-refractivity contribution in [2.24, 2.45) is 0 Å². The van der Waals surface area contributed by atoms with Crippen LogP contribution >= 0.6 is 0 Å². The van der Waals surface area contributed by atoms with E-state index in [1.165, 1.54) is 28.1 Å². The SMILES string of the molecule is C=CC(=O)N1CCN(c2cc(C(=O)NCCN3CCOCC3)nc3c2CCN(c2cccc4ccccc24)C3)CC1. The van der Waals surface area contributed by atoms with E-state index >= 15 is 0 Å². The van der Waals surface area contributed by atoms with Crippen molar-refractivity contribution in [3.63, 3.8) is 0 Å². The summed E-state index contributed by atoms with van der Waals surface area (Å²) in [6.45, 7) is 12.4. The van der Waals surface area contributed by atoms with E-state index in [0.717, 1.165) is 57.2 Å². The second-order valence-corrected chi connectivity index (χ2v) is 10.8. The van der Waals surface area contributed by atoms with Crippen molar-refractivity contribution < 1.29 is 14.3 Å². The van der Waals surface area contributed by atoms with Gasteiger partial charge in [0.25, 0.3) is 5.91 Å². The summed E-state index contributed by atoms with van der Waals surface area (Å²) in [5, 5.41) is 5.53. The Bertz CT molecular complexity index is 1420. The molecule has 0 aliphatic carbocycles. The Hall–Kier alpha value is -3.95. The number of hydrogen-bond donors (Lipinski definition) is 1. The lowest BCUT2D eigenvalue weighted by atomic mass is 9.98. The van der Waals surface area contributed by atoms with Crippen molar-refractivity contribution in [1.82, 2.24) is 20.1 Å². The summed E-state index contributed by atoms with van der Waals surface area (Å²) in [5.41, 5.74) is 4.86. The fraction of sp³-hybridized carbons (Fsp3) is 0.406. The van der Waals surface area contributed by atoms with Crippen molar-refractivity contribution in [3.05, 3.63) is 78.1 Å². The summed E-state index contributed by atoms with van der Waals surface area (Å²) < 4.78 is 5.44. The number of nitrogens with zero attached hydrogens (tertiary/aromatic N) is 5. The molecule has 0 spiro atoms. The zero-order valence-electron chi connectivity index (χ0n) is 23.6. The smallest absolute Gasteiger partial charge is 0.270 e. The van der Waals surface area contributed by atoms with Crippen LogP contribution < -0.4 is 15.1 Å². The maximum atomic E-state index is 13.4. The lowest BCUT2D eigenvalue weighted by Gasteiger charge is -2.39. The predicted octanol–water partition coefficient (Wildman–Crippen LogP) is 2.69. The van der Waals surface area contributed by atoms with Crippen LogP contribution in [0.2, 0.25) is 0 Å². The Morgan fingerprint density at radius 3 is 2.51 bits per heavy atom. The van der Waals surface area contributed by atoms with Gasteiger partial charge in [-0.2, -0.15) is 0 Å². The molecule has 0 unspecified atom stereocenters. The zero-order chi connectivity index (χ0) is 28.2. The highest BCUT2D eigenvalue weighted by molar-refractivity contribution is 5.95. The molecule has 214 valence electrons.